The Morgan fingerprint density at radius 3 is 2.08 bits per heavy atom. The molecule has 3 atom stereocenters. The number of sulfone groups is 1. The molecule has 70 valence electrons. The highest BCUT2D eigenvalue weighted by Gasteiger charge is 2.71. The van der Waals surface area contributed by atoms with Gasteiger partial charge in [0.05, 0.1) is 10.6 Å². The van der Waals surface area contributed by atoms with Crippen molar-refractivity contribution >= 4 is 27.4 Å². The molecule has 12 heavy (non-hydrogen) atoms. The molecule has 1 aliphatic rings. The van der Waals surface area contributed by atoms with Gasteiger partial charge in [0, 0.05) is 6.26 Å². The lowest BCUT2D eigenvalue weighted by Gasteiger charge is -2.01. The summed E-state index contributed by atoms with van der Waals surface area (Å²) in [5.41, 5.74) is -1.30. The molecule has 0 aliphatic heterocycles. The molecular formula is C6H9ClO4S. The molecule has 0 amide bonds. The lowest BCUT2D eigenvalue weighted by atomic mass is 10.1. The van der Waals surface area contributed by atoms with Crippen molar-refractivity contribution in [1.82, 2.24) is 0 Å². The largest absolute Gasteiger partial charge is 0.481 e. The number of hydrogen-bond donors (Lipinski definition) is 1. The molecule has 3 unspecified atom stereocenters. The minimum absolute atomic E-state index is 0.801. The molecular weight excluding hydrogens is 204 g/mol. The maximum atomic E-state index is 11.0. The topological polar surface area (TPSA) is 71.4 Å². The highest BCUT2D eigenvalue weighted by molar-refractivity contribution is 7.91. The fourth-order valence-electron chi connectivity index (χ4n) is 1.32. The Labute approximate surface area is 75.4 Å². The maximum Gasteiger partial charge on any atom is 0.312 e. The van der Waals surface area contributed by atoms with Crippen molar-refractivity contribution in [2.45, 2.75) is 17.6 Å². The quantitative estimate of drug-likeness (QED) is 0.660. The highest BCUT2D eigenvalue weighted by atomic mass is 35.5. The van der Waals surface area contributed by atoms with Crippen LogP contribution < -0.4 is 0 Å². The van der Waals surface area contributed by atoms with Crippen LogP contribution in [0.25, 0.3) is 0 Å². The Balaban J connectivity index is 2.99. The van der Waals surface area contributed by atoms with Crippen LogP contribution in [0, 0.1) is 5.41 Å². The molecule has 0 aromatic heterocycles. The summed E-state index contributed by atoms with van der Waals surface area (Å²) in [4.78, 5) is 10.6. The van der Waals surface area contributed by atoms with E-state index >= 15 is 0 Å². The zero-order chi connectivity index (χ0) is 9.73. The van der Waals surface area contributed by atoms with Crippen LogP contribution >= 0.6 is 11.6 Å². The summed E-state index contributed by atoms with van der Waals surface area (Å²) in [5, 5.41) is 6.93. The van der Waals surface area contributed by atoms with Crippen LogP contribution in [0.2, 0.25) is 0 Å². The van der Waals surface area contributed by atoms with E-state index < -0.39 is 31.8 Å². The van der Waals surface area contributed by atoms with Gasteiger partial charge in [0.2, 0.25) is 0 Å². The number of carbonyl (C=O) groups is 1. The zero-order valence-electron chi connectivity index (χ0n) is 6.61. The second-order valence-electron chi connectivity index (χ2n) is 3.24. The molecule has 0 bridgehead atoms. The third-order valence-electron chi connectivity index (χ3n) is 2.24. The monoisotopic (exact) mass is 212 g/mol. The first-order valence-corrected chi connectivity index (χ1v) is 5.67. The van der Waals surface area contributed by atoms with E-state index in [9.17, 15) is 13.2 Å². The number of alkyl halides is 1. The van der Waals surface area contributed by atoms with Crippen LogP contribution in [-0.2, 0) is 14.6 Å². The van der Waals surface area contributed by atoms with Crippen molar-refractivity contribution in [3.8, 4) is 0 Å². The average Bonchev–Trinajstić information content (AvgIpc) is 2.35. The smallest absolute Gasteiger partial charge is 0.312 e. The van der Waals surface area contributed by atoms with Crippen molar-refractivity contribution < 1.29 is 18.3 Å². The minimum Gasteiger partial charge on any atom is -0.481 e. The molecule has 4 nitrogen and oxygen atoms in total. The van der Waals surface area contributed by atoms with E-state index in [0.717, 1.165) is 6.26 Å². The first kappa shape index (κ1) is 9.80. The summed E-state index contributed by atoms with van der Waals surface area (Å²) in [6.45, 7) is 1.35. The molecule has 6 heteroatoms. The van der Waals surface area contributed by atoms with Gasteiger partial charge in [-0.1, -0.05) is 0 Å². The Kier molecular flexibility index (Phi) is 1.92. The molecule has 0 spiro atoms. The first-order valence-electron chi connectivity index (χ1n) is 3.28. The van der Waals surface area contributed by atoms with Crippen LogP contribution in [0.3, 0.4) is 0 Å². The molecule has 0 aromatic rings. The van der Waals surface area contributed by atoms with Crippen LogP contribution in [0.4, 0.5) is 0 Å². The molecule has 0 heterocycles. The van der Waals surface area contributed by atoms with Crippen molar-refractivity contribution in [1.29, 1.82) is 0 Å². The van der Waals surface area contributed by atoms with Crippen molar-refractivity contribution in [3.63, 3.8) is 0 Å². The summed E-state index contributed by atoms with van der Waals surface area (Å²) >= 11 is 5.58. The van der Waals surface area contributed by atoms with Crippen molar-refractivity contribution in [3.05, 3.63) is 0 Å². The van der Waals surface area contributed by atoms with E-state index in [4.69, 9.17) is 16.7 Å². The van der Waals surface area contributed by atoms with Crippen LogP contribution in [0.5, 0.6) is 0 Å². The molecule has 1 saturated carbocycles. The van der Waals surface area contributed by atoms with Gasteiger partial charge in [-0.05, 0) is 6.92 Å². The van der Waals surface area contributed by atoms with E-state index in [1.54, 1.807) is 0 Å². The number of rotatable bonds is 2. The van der Waals surface area contributed by atoms with Gasteiger partial charge in [0.1, 0.15) is 5.41 Å². The van der Waals surface area contributed by atoms with Gasteiger partial charge in [-0.25, -0.2) is 8.42 Å². The molecule has 0 saturated heterocycles. The molecule has 1 rings (SSSR count). The SMILES string of the molecule is CC1(C(=O)O)C(Cl)C1S(C)(=O)=O. The summed E-state index contributed by atoms with van der Waals surface area (Å²) in [5.74, 6) is -1.15. The zero-order valence-corrected chi connectivity index (χ0v) is 8.19. The second kappa shape index (κ2) is 2.35. The van der Waals surface area contributed by atoms with Crippen LogP contribution in [0.1, 0.15) is 6.92 Å². The van der Waals surface area contributed by atoms with Crippen LogP contribution in [-0.4, -0.2) is 36.4 Å². The summed E-state index contributed by atoms with van der Waals surface area (Å²) in [6, 6.07) is 0. The Morgan fingerprint density at radius 1 is 1.58 bits per heavy atom. The molecule has 1 aliphatic carbocycles. The first-order chi connectivity index (χ1) is 5.22. The average molecular weight is 213 g/mol. The molecule has 1 fully saturated rings. The minimum atomic E-state index is -3.34. The van der Waals surface area contributed by atoms with E-state index in [-0.39, 0.29) is 0 Å². The van der Waals surface area contributed by atoms with Gasteiger partial charge < -0.3 is 5.11 Å². The maximum absolute atomic E-state index is 11.0. The molecule has 1 N–H and O–H groups in total. The third kappa shape index (κ3) is 1.11. The van der Waals surface area contributed by atoms with Crippen LogP contribution in [0.15, 0.2) is 0 Å². The Hall–Kier alpha value is -0.290. The standard InChI is InChI=1S/C6H9ClO4S/c1-6(5(8)9)3(7)4(6)12(2,10)11/h3-4H,1-2H3,(H,8,9). The van der Waals surface area contributed by atoms with Gasteiger partial charge in [-0.3, -0.25) is 4.79 Å². The van der Waals surface area contributed by atoms with E-state index in [2.05, 4.69) is 0 Å². The fraction of sp³-hybridized carbons (Fsp3) is 0.833. The van der Waals surface area contributed by atoms with E-state index in [1.807, 2.05) is 0 Å². The van der Waals surface area contributed by atoms with Gasteiger partial charge in [-0.15, -0.1) is 11.6 Å². The highest BCUT2D eigenvalue weighted by Crippen LogP contribution is 2.54. The second-order valence-corrected chi connectivity index (χ2v) is 5.88. The normalized spacial score (nSPS) is 40.9. The fourth-order valence-corrected chi connectivity index (χ4v) is 4.15. The van der Waals surface area contributed by atoms with Gasteiger partial charge in [0.15, 0.2) is 9.84 Å². The van der Waals surface area contributed by atoms with Gasteiger partial charge in [0.25, 0.3) is 0 Å². The van der Waals surface area contributed by atoms with Gasteiger partial charge >= 0.3 is 5.97 Å². The van der Waals surface area contributed by atoms with Gasteiger partial charge in [-0.2, -0.15) is 0 Å². The predicted octanol–water partition coefficient (Wildman–Crippen LogP) is 0.111. The Bertz CT molecular complexity index is 322. The lowest BCUT2D eigenvalue weighted by Crippen LogP contribution is -2.20. The molecule has 0 aromatic carbocycles. The van der Waals surface area contributed by atoms with Crippen molar-refractivity contribution in [2.24, 2.45) is 5.41 Å². The van der Waals surface area contributed by atoms with E-state index in [0.29, 0.717) is 0 Å². The molecule has 0 radical (unpaired) electrons. The number of carboxylic acid groups (broad SMARTS) is 1. The predicted molar refractivity (Wildman–Crippen MR) is 44.0 cm³/mol. The van der Waals surface area contributed by atoms with Crippen molar-refractivity contribution in [2.75, 3.05) is 6.26 Å². The summed E-state index contributed by atoms with van der Waals surface area (Å²) in [6.07, 6.45) is 1.00. The number of halogens is 1. The Morgan fingerprint density at radius 2 is 2.00 bits per heavy atom. The number of aliphatic carboxylic acids is 1. The lowest BCUT2D eigenvalue weighted by molar-refractivity contribution is -0.142. The third-order valence-corrected chi connectivity index (χ3v) is 4.78. The number of hydrogen-bond acceptors (Lipinski definition) is 3. The summed E-state index contributed by atoms with van der Waals surface area (Å²) in [7, 11) is -3.34. The number of carboxylic acids is 1. The van der Waals surface area contributed by atoms with E-state index in [1.165, 1.54) is 6.92 Å². The summed E-state index contributed by atoms with van der Waals surface area (Å²) < 4.78 is 22.0.